The minimum Gasteiger partial charge on any atom is -0.491 e. The number of benzene rings is 1. The third-order valence-corrected chi connectivity index (χ3v) is 3.31. The maximum atomic E-state index is 11.3. The highest BCUT2D eigenvalue weighted by Gasteiger charge is 2.15. The Morgan fingerprint density at radius 1 is 1.33 bits per heavy atom. The molecule has 0 saturated heterocycles. The van der Waals surface area contributed by atoms with E-state index in [-0.39, 0.29) is 11.3 Å². The van der Waals surface area contributed by atoms with Gasteiger partial charge in [0.05, 0.1) is 23.5 Å². The molecule has 0 aliphatic rings. The lowest BCUT2D eigenvalue weighted by molar-refractivity contribution is 0.0692. The summed E-state index contributed by atoms with van der Waals surface area (Å²) in [4.78, 5) is 15.6. The van der Waals surface area contributed by atoms with Crippen LogP contribution in [0.25, 0.3) is 11.3 Å². The van der Waals surface area contributed by atoms with E-state index in [1.54, 1.807) is 18.2 Å². The molecule has 0 spiro atoms. The highest BCUT2D eigenvalue weighted by Crippen LogP contribution is 2.31. The van der Waals surface area contributed by atoms with Gasteiger partial charge in [0.1, 0.15) is 5.56 Å². The predicted octanol–water partition coefficient (Wildman–Crippen LogP) is 4.54. The predicted molar refractivity (Wildman–Crippen MR) is 82.4 cm³/mol. The normalized spacial score (nSPS) is 10.4. The van der Waals surface area contributed by atoms with E-state index in [4.69, 9.17) is 27.9 Å². The number of carbonyl (C=O) groups is 1. The zero-order chi connectivity index (χ0) is 15.4. The van der Waals surface area contributed by atoms with Gasteiger partial charge >= 0.3 is 5.97 Å². The van der Waals surface area contributed by atoms with Crippen molar-refractivity contribution in [2.24, 2.45) is 0 Å². The van der Waals surface area contributed by atoms with E-state index in [1.165, 1.54) is 12.3 Å². The quantitative estimate of drug-likeness (QED) is 0.876. The van der Waals surface area contributed by atoms with Gasteiger partial charge in [-0.05, 0) is 30.7 Å². The zero-order valence-electron chi connectivity index (χ0n) is 11.3. The molecule has 0 radical (unpaired) electrons. The van der Waals surface area contributed by atoms with Gasteiger partial charge in [-0.2, -0.15) is 0 Å². The molecular weight excluding hydrogens is 313 g/mol. The molecule has 2 rings (SSSR count). The van der Waals surface area contributed by atoms with Gasteiger partial charge < -0.3 is 9.84 Å². The molecule has 2 aromatic rings. The Bertz CT molecular complexity index is 674. The minimum absolute atomic E-state index is 0.0551. The molecule has 1 N–H and O–H groups in total. The Morgan fingerprint density at radius 2 is 2.10 bits per heavy atom. The number of nitrogens with zero attached hydrogens (tertiary/aromatic N) is 1. The molecule has 1 heterocycles. The van der Waals surface area contributed by atoms with Crippen molar-refractivity contribution in [2.75, 3.05) is 6.61 Å². The summed E-state index contributed by atoms with van der Waals surface area (Å²) >= 11 is 12.0. The number of halogens is 2. The molecule has 0 aliphatic carbocycles. The van der Waals surface area contributed by atoms with Crippen LogP contribution in [0.5, 0.6) is 5.75 Å². The summed E-state index contributed by atoms with van der Waals surface area (Å²) in [5.41, 5.74) is 1.13. The average molecular weight is 326 g/mol. The fourth-order valence-electron chi connectivity index (χ4n) is 1.78. The molecule has 0 aliphatic heterocycles. The molecule has 6 heteroatoms. The molecule has 110 valence electrons. The molecule has 1 aromatic heterocycles. The highest BCUT2D eigenvalue weighted by atomic mass is 35.5. The Kier molecular flexibility index (Phi) is 5.04. The number of aromatic nitrogens is 1. The molecule has 0 atom stereocenters. The van der Waals surface area contributed by atoms with E-state index in [0.29, 0.717) is 27.9 Å². The summed E-state index contributed by atoms with van der Waals surface area (Å²) in [6.07, 6.45) is 2.18. The van der Waals surface area contributed by atoms with E-state index >= 15 is 0 Å². The Hall–Kier alpha value is -1.78. The molecule has 0 fully saturated rings. The minimum atomic E-state index is -1.07. The third kappa shape index (κ3) is 3.65. The standard InChI is InChI=1S/C15H13Cl2NO3/c1-2-5-21-14-8-18-13(7-11(14)15(19)20)10-4-3-9(16)6-12(10)17/h3-4,6-8H,2,5H2,1H3,(H,19,20). The van der Waals surface area contributed by atoms with E-state index in [2.05, 4.69) is 4.98 Å². The monoisotopic (exact) mass is 325 g/mol. The van der Waals surface area contributed by atoms with Gasteiger partial charge in [-0.15, -0.1) is 0 Å². The van der Waals surface area contributed by atoms with Crippen molar-refractivity contribution in [2.45, 2.75) is 13.3 Å². The summed E-state index contributed by atoms with van der Waals surface area (Å²) in [5.74, 6) is -0.826. The van der Waals surface area contributed by atoms with Crippen LogP contribution in [0.15, 0.2) is 30.5 Å². The van der Waals surface area contributed by atoms with Gasteiger partial charge in [-0.25, -0.2) is 4.79 Å². The third-order valence-electron chi connectivity index (χ3n) is 2.77. The van der Waals surface area contributed by atoms with E-state index < -0.39 is 5.97 Å². The molecule has 1 aromatic carbocycles. The number of rotatable bonds is 5. The van der Waals surface area contributed by atoms with Crippen molar-refractivity contribution in [3.8, 4) is 17.0 Å². The maximum absolute atomic E-state index is 11.3. The Morgan fingerprint density at radius 3 is 2.71 bits per heavy atom. The lowest BCUT2D eigenvalue weighted by Gasteiger charge is -2.10. The maximum Gasteiger partial charge on any atom is 0.339 e. The zero-order valence-corrected chi connectivity index (χ0v) is 12.8. The van der Waals surface area contributed by atoms with Crippen LogP contribution in [-0.4, -0.2) is 22.7 Å². The van der Waals surface area contributed by atoms with Gasteiger partial charge in [0.25, 0.3) is 0 Å². The van der Waals surface area contributed by atoms with Crippen LogP contribution in [0.1, 0.15) is 23.7 Å². The molecule has 0 unspecified atom stereocenters. The molecule has 4 nitrogen and oxygen atoms in total. The Balaban J connectivity index is 2.46. The summed E-state index contributed by atoms with van der Waals surface area (Å²) < 4.78 is 5.39. The van der Waals surface area contributed by atoms with Crippen molar-refractivity contribution in [3.63, 3.8) is 0 Å². The first-order chi connectivity index (χ1) is 10.0. The lowest BCUT2D eigenvalue weighted by Crippen LogP contribution is -2.05. The summed E-state index contributed by atoms with van der Waals surface area (Å²) in [6.45, 7) is 2.37. The van der Waals surface area contributed by atoms with Crippen LogP contribution in [-0.2, 0) is 0 Å². The molecule has 21 heavy (non-hydrogen) atoms. The van der Waals surface area contributed by atoms with Crippen molar-refractivity contribution >= 4 is 29.2 Å². The first-order valence-electron chi connectivity index (χ1n) is 6.34. The van der Waals surface area contributed by atoms with E-state index in [1.807, 2.05) is 6.92 Å². The fourth-order valence-corrected chi connectivity index (χ4v) is 2.29. The topological polar surface area (TPSA) is 59.4 Å². The number of hydrogen-bond donors (Lipinski definition) is 1. The van der Waals surface area contributed by atoms with Crippen LogP contribution in [0.2, 0.25) is 10.0 Å². The average Bonchev–Trinajstić information content (AvgIpc) is 2.45. The smallest absolute Gasteiger partial charge is 0.339 e. The Labute approximate surface area is 132 Å². The molecule has 0 amide bonds. The number of pyridine rings is 1. The van der Waals surface area contributed by atoms with E-state index in [0.717, 1.165) is 6.42 Å². The second-order valence-corrected chi connectivity index (χ2v) is 5.19. The van der Waals surface area contributed by atoms with Crippen LogP contribution in [0, 0.1) is 0 Å². The highest BCUT2D eigenvalue weighted by molar-refractivity contribution is 6.36. The number of ether oxygens (including phenoxy) is 1. The number of carboxylic acid groups (broad SMARTS) is 1. The summed E-state index contributed by atoms with van der Waals surface area (Å²) in [7, 11) is 0. The lowest BCUT2D eigenvalue weighted by atomic mass is 10.1. The largest absolute Gasteiger partial charge is 0.491 e. The summed E-state index contributed by atoms with van der Waals surface area (Å²) in [6, 6.07) is 6.40. The van der Waals surface area contributed by atoms with Crippen molar-refractivity contribution < 1.29 is 14.6 Å². The van der Waals surface area contributed by atoms with Gasteiger partial charge in [-0.3, -0.25) is 4.98 Å². The first kappa shape index (κ1) is 15.6. The van der Waals surface area contributed by atoms with Crippen molar-refractivity contribution in [3.05, 3.63) is 46.1 Å². The van der Waals surface area contributed by atoms with Crippen LogP contribution < -0.4 is 4.74 Å². The van der Waals surface area contributed by atoms with Crippen LogP contribution >= 0.6 is 23.2 Å². The molecule has 0 saturated carbocycles. The van der Waals surface area contributed by atoms with Gasteiger partial charge in [0, 0.05) is 10.6 Å². The number of carboxylic acids is 1. The second kappa shape index (κ2) is 6.78. The van der Waals surface area contributed by atoms with Gasteiger partial charge in [0.15, 0.2) is 5.75 Å². The molecular formula is C15H13Cl2NO3. The van der Waals surface area contributed by atoms with Crippen LogP contribution in [0.4, 0.5) is 0 Å². The summed E-state index contributed by atoms with van der Waals surface area (Å²) in [5, 5.41) is 10.2. The first-order valence-corrected chi connectivity index (χ1v) is 7.10. The van der Waals surface area contributed by atoms with Crippen molar-refractivity contribution in [1.29, 1.82) is 0 Å². The van der Waals surface area contributed by atoms with Gasteiger partial charge in [0.2, 0.25) is 0 Å². The molecule has 0 bridgehead atoms. The second-order valence-electron chi connectivity index (χ2n) is 4.34. The van der Waals surface area contributed by atoms with Crippen molar-refractivity contribution in [1.82, 2.24) is 4.98 Å². The van der Waals surface area contributed by atoms with E-state index in [9.17, 15) is 9.90 Å². The fraction of sp³-hybridized carbons (Fsp3) is 0.200. The SMILES string of the molecule is CCCOc1cnc(-c2ccc(Cl)cc2Cl)cc1C(=O)O. The number of hydrogen-bond acceptors (Lipinski definition) is 3. The van der Waals surface area contributed by atoms with Crippen LogP contribution in [0.3, 0.4) is 0 Å². The van der Waals surface area contributed by atoms with Gasteiger partial charge in [-0.1, -0.05) is 30.1 Å². The number of aromatic carboxylic acids is 1.